The van der Waals surface area contributed by atoms with E-state index in [0.29, 0.717) is 12.5 Å². The number of carboxylic acid groups (broad SMARTS) is 1. The van der Waals surface area contributed by atoms with Gasteiger partial charge in [0.2, 0.25) is 0 Å². The fraction of sp³-hybridized carbons (Fsp3) is 0.875. The first-order valence-corrected chi connectivity index (χ1v) is 8.21. The summed E-state index contributed by atoms with van der Waals surface area (Å²) in [6.45, 7) is 6.67. The molecule has 1 aliphatic rings. The number of hydrogen-bond acceptors (Lipinski definition) is 2. The smallest absolute Gasteiger partial charge is 0.326 e. The largest absolute Gasteiger partial charge is 0.480 e. The third kappa shape index (κ3) is 6.36. The molecule has 1 fully saturated rings. The number of carbonyl (C=O) groups excluding carboxylic acids is 1. The zero-order valence-electron chi connectivity index (χ0n) is 13.5. The van der Waals surface area contributed by atoms with Gasteiger partial charge >= 0.3 is 12.0 Å². The Morgan fingerprint density at radius 3 is 2.38 bits per heavy atom. The van der Waals surface area contributed by atoms with Crippen LogP contribution in [-0.2, 0) is 4.79 Å². The molecule has 21 heavy (non-hydrogen) atoms. The fourth-order valence-electron chi connectivity index (χ4n) is 2.88. The Labute approximate surface area is 127 Å². The zero-order chi connectivity index (χ0) is 15.8. The highest BCUT2D eigenvalue weighted by molar-refractivity contribution is 5.82. The molecule has 0 aliphatic heterocycles. The van der Waals surface area contributed by atoms with Gasteiger partial charge in [-0.3, -0.25) is 0 Å². The number of aliphatic carboxylic acids is 1. The molecule has 1 rings (SSSR count). The Kier molecular flexibility index (Phi) is 7.54. The number of nitrogens with one attached hydrogen (secondary N) is 2. The summed E-state index contributed by atoms with van der Waals surface area (Å²) >= 11 is 0. The van der Waals surface area contributed by atoms with Crippen LogP contribution in [-0.4, -0.2) is 29.7 Å². The molecule has 0 heterocycles. The summed E-state index contributed by atoms with van der Waals surface area (Å²) in [5.41, 5.74) is 0. The van der Waals surface area contributed by atoms with E-state index >= 15 is 0 Å². The Morgan fingerprint density at radius 1 is 1.24 bits per heavy atom. The lowest BCUT2D eigenvalue weighted by Gasteiger charge is -2.26. The molecule has 122 valence electrons. The molecule has 2 amide bonds. The maximum Gasteiger partial charge on any atom is 0.326 e. The first kappa shape index (κ1) is 17.8. The van der Waals surface area contributed by atoms with Gasteiger partial charge in [0.15, 0.2) is 0 Å². The van der Waals surface area contributed by atoms with E-state index in [1.807, 2.05) is 13.8 Å². The molecule has 1 aliphatic carbocycles. The quantitative estimate of drug-likeness (QED) is 0.676. The van der Waals surface area contributed by atoms with Crippen molar-refractivity contribution < 1.29 is 14.7 Å². The number of carbonyl (C=O) groups is 2. The third-order valence-corrected chi connectivity index (χ3v) is 4.74. The lowest BCUT2D eigenvalue weighted by Crippen LogP contribution is -2.49. The molecular formula is C16H30N2O3. The van der Waals surface area contributed by atoms with Gasteiger partial charge in [-0.25, -0.2) is 9.59 Å². The van der Waals surface area contributed by atoms with Gasteiger partial charge in [-0.2, -0.15) is 0 Å². The van der Waals surface area contributed by atoms with Crippen molar-refractivity contribution in [1.29, 1.82) is 0 Å². The highest BCUT2D eigenvalue weighted by atomic mass is 16.4. The number of rotatable bonds is 7. The van der Waals surface area contributed by atoms with Gasteiger partial charge in [-0.15, -0.1) is 0 Å². The lowest BCUT2D eigenvalue weighted by atomic mass is 9.81. The second kappa shape index (κ2) is 8.90. The van der Waals surface area contributed by atoms with Gasteiger partial charge in [-0.05, 0) is 24.2 Å². The second-order valence-electron chi connectivity index (χ2n) is 6.52. The van der Waals surface area contributed by atoms with Crippen molar-refractivity contribution in [3.63, 3.8) is 0 Å². The molecule has 5 nitrogen and oxygen atoms in total. The van der Waals surface area contributed by atoms with Crippen LogP contribution in [0.2, 0.25) is 0 Å². The van der Waals surface area contributed by atoms with Gasteiger partial charge in [0.25, 0.3) is 0 Å². The van der Waals surface area contributed by atoms with Gasteiger partial charge in [0.05, 0.1) is 0 Å². The number of hydrogen-bond donors (Lipinski definition) is 3. The van der Waals surface area contributed by atoms with E-state index in [2.05, 4.69) is 17.6 Å². The van der Waals surface area contributed by atoms with Gasteiger partial charge in [0.1, 0.15) is 6.04 Å². The molecule has 2 atom stereocenters. The van der Waals surface area contributed by atoms with Crippen LogP contribution in [0.4, 0.5) is 4.79 Å². The molecule has 3 N–H and O–H groups in total. The van der Waals surface area contributed by atoms with Crippen molar-refractivity contribution in [2.24, 2.45) is 17.8 Å². The van der Waals surface area contributed by atoms with Crippen LogP contribution in [0.5, 0.6) is 0 Å². The molecule has 1 saturated carbocycles. The predicted molar refractivity (Wildman–Crippen MR) is 83.2 cm³/mol. The number of urea groups is 1. The Morgan fingerprint density at radius 2 is 1.86 bits per heavy atom. The minimum atomic E-state index is -0.972. The summed E-state index contributed by atoms with van der Waals surface area (Å²) in [5, 5.41) is 14.5. The minimum Gasteiger partial charge on any atom is -0.480 e. The van der Waals surface area contributed by atoms with Gasteiger partial charge in [0, 0.05) is 6.54 Å². The first-order chi connectivity index (χ1) is 9.93. The highest BCUT2D eigenvalue weighted by Crippen LogP contribution is 2.29. The van der Waals surface area contributed by atoms with E-state index in [1.165, 1.54) is 25.7 Å². The average Bonchev–Trinajstić information content (AvgIpc) is 2.45. The van der Waals surface area contributed by atoms with Gasteiger partial charge < -0.3 is 15.7 Å². The Hall–Kier alpha value is -1.26. The van der Waals surface area contributed by atoms with Gasteiger partial charge in [-0.1, -0.05) is 52.9 Å². The Bertz CT molecular complexity index is 338. The maximum atomic E-state index is 11.8. The molecule has 5 heteroatoms. The van der Waals surface area contributed by atoms with Crippen LogP contribution in [0.3, 0.4) is 0 Å². The summed E-state index contributed by atoms with van der Waals surface area (Å²) in [6, 6.07) is -1.18. The Balaban J connectivity index is 2.25. The van der Waals surface area contributed by atoms with Crippen LogP contribution >= 0.6 is 0 Å². The van der Waals surface area contributed by atoms with Crippen molar-refractivity contribution in [1.82, 2.24) is 10.6 Å². The summed E-state index contributed by atoms with van der Waals surface area (Å²) < 4.78 is 0. The third-order valence-electron chi connectivity index (χ3n) is 4.74. The molecule has 0 bridgehead atoms. The summed E-state index contributed by atoms with van der Waals surface area (Å²) in [6.07, 6.45) is 6.76. The van der Waals surface area contributed by atoms with Crippen LogP contribution in [0.15, 0.2) is 0 Å². The van der Waals surface area contributed by atoms with Crippen LogP contribution in [0.1, 0.15) is 59.3 Å². The average molecular weight is 298 g/mol. The standard InChI is InChI=1S/C16H30N2O3/c1-4-12(3)14(15(19)20)18-16(21)17-10-9-13-7-5-11(2)6-8-13/h11-14H,4-10H2,1-3H3,(H,19,20)(H2,17,18,21)/t11?,12-,13?,14-/m0/s1. The van der Waals surface area contributed by atoms with Crippen molar-refractivity contribution in [2.45, 2.75) is 65.3 Å². The molecule has 0 radical (unpaired) electrons. The van der Waals surface area contributed by atoms with E-state index in [9.17, 15) is 9.59 Å². The number of amides is 2. The van der Waals surface area contributed by atoms with Crippen molar-refractivity contribution in [3.05, 3.63) is 0 Å². The predicted octanol–water partition coefficient (Wildman–Crippen LogP) is 3.00. The summed E-state index contributed by atoms with van der Waals surface area (Å²) in [4.78, 5) is 22.9. The normalized spacial score (nSPS) is 24.9. The van der Waals surface area contributed by atoms with Crippen LogP contribution < -0.4 is 10.6 Å². The molecule has 0 aromatic carbocycles. The first-order valence-electron chi connectivity index (χ1n) is 8.21. The van der Waals surface area contributed by atoms with E-state index in [0.717, 1.165) is 18.8 Å². The molecular weight excluding hydrogens is 268 g/mol. The van der Waals surface area contributed by atoms with E-state index < -0.39 is 12.0 Å². The molecule has 0 unspecified atom stereocenters. The molecule has 0 spiro atoms. The zero-order valence-corrected chi connectivity index (χ0v) is 13.5. The van der Waals surface area contributed by atoms with Crippen molar-refractivity contribution >= 4 is 12.0 Å². The summed E-state index contributed by atoms with van der Waals surface area (Å²) in [7, 11) is 0. The molecule has 0 aromatic heterocycles. The number of carboxylic acids is 1. The SMILES string of the molecule is CC[C@H](C)[C@H](NC(=O)NCCC1CCC(C)CC1)C(=O)O. The minimum absolute atomic E-state index is 0.0758. The lowest BCUT2D eigenvalue weighted by molar-refractivity contribution is -0.140. The van der Waals surface area contributed by atoms with E-state index in [4.69, 9.17) is 5.11 Å². The second-order valence-corrected chi connectivity index (χ2v) is 6.52. The van der Waals surface area contributed by atoms with E-state index in [1.54, 1.807) is 0 Å². The molecule has 0 saturated heterocycles. The monoisotopic (exact) mass is 298 g/mol. The highest BCUT2D eigenvalue weighted by Gasteiger charge is 2.25. The van der Waals surface area contributed by atoms with Crippen LogP contribution in [0, 0.1) is 17.8 Å². The van der Waals surface area contributed by atoms with Crippen molar-refractivity contribution in [2.75, 3.05) is 6.54 Å². The maximum absolute atomic E-state index is 11.8. The topological polar surface area (TPSA) is 78.4 Å². The summed E-state index contributed by atoms with van der Waals surface area (Å²) in [5.74, 6) is 0.490. The van der Waals surface area contributed by atoms with Crippen molar-refractivity contribution in [3.8, 4) is 0 Å². The molecule has 0 aromatic rings. The van der Waals surface area contributed by atoms with E-state index in [-0.39, 0.29) is 11.9 Å². The van der Waals surface area contributed by atoms with Crippen LogP contribution in [0.25, 0.3) is 0 Å². The fourth-order valence-corrected chi connectivity index (χ4v) is 2.88.